The highest BCUT2D eigenvalue weighted by Gasteiger charge is 2.35. The van der Waals surface area contributed by atoms with Gasteiger partial charge in [0.05, 0.1) is 18.4 Å². The number of anilines is 1. The average Bonchev–Trinajstić information content (AvgIpc) is 2.67. The van der Waals surface area contributed by atoms with Crippen LogP contribution >= 0.6 is 0 Å². The van der Waals surface area contributed by atoms with E-state index in [1.807, 2.05) is 0 Å². The van der Waals surface area contributed by atoms with Crippen molar-refractivity contribution in [1.29, 1.82) is 0 Å². The maximum atomic E-state index is 11.9. The largest absolute Gasteiger partial charge is 0.497 e. The van der Waals surface area contributed by atoms with Gasteiger partial charge in [-0.05, 0) is 31.0 Å². The summed E-state index contributed by atoms with van der Waals surface area (Å²) in [5.41, 5.74) is 0.906. The van der Waals surface area contributed by atoms with Gasteiger partial charge in [-0.2, -0.15) is 0 Å². The maximum absolute atomic E-state index is 11.9. The zero-order chi connectivity index (χ0) is 14.7. The molecule has 6 heteroatoms. The van der Waals surface area contributed by atoms with E-state index in [-0.39, 0.29) is 6.42 Å². The Hall–Kier alpha value is -2.37. The van der Waals surface area contributed by atoms with Gasteiger partial charge in [0.1, 0.15) is 5.75 Å². The number of rotatable bonds is 6. The number of hydrogen-bond acceptors (Lipinski definition) is 4. The van der Waals surface area contributed by atoms with Gasteiger partial charge in [0, 0.05) is 13.0 Å². The van der Waals surface area contributed by atoms with E-state index < -0.39 is 17.7 Å². The molecule has 0 aliphatic carbocycles. The molecule has 20 heavy (non-hydrogen) atoms. The zero-order valence-electron chi connectivity index (χ0n) is 11.1. The molecule has 1 amide bonds. The molecule has 6 nitrogen and oxygen atoms in total. The van der Waals surface area contributed by atoms with Crippen LogP contribution in [-0.4, -0.2) is 36.4 Å². The summed E-state index contributed by atoms with van der Waals surface area (Å²) in [6.45, 7) is 0.344. The molecule has 0 spiro atoms. The van der Waals surface area contributed by atoms with Crippen LogP contribution in [0.1, 0.15) is 29.6 Å². The summed E-state index contributed by atoms with van der Waals surface area (Å²) in [6.07, 6.45) is 1.07. The summed E-state index contributed by atoms with van der Waals surface area (Å²) >= 11 is 0. The van der Waals surface area contributed by atoms with Crippen molar-refractivity contribution in [3.8, 4) is 5.75 Å². The Morgan fingerprint density at radius 1 is 1.30 bits per heavy atom. The average molecular weight is 277 g/mol. The minimum absolute atomic E-state index is 0.0610. The predicted octanol–water partition coefficient (Wildman–Crippen LogP) is 1.48. The highest BCUT2D eigenvalue weighted by Crippen LogP contribution is 2.32. The minimum Gasteiger partial charge on any atom is -0.497 e. The second kappa shape index (κ2) is 5.73. The number of ether oxygens (including phenoxy) is 1. The number of amides is 1. The number of carboxylic acids is 1. The highest BCUT2D eigenvalue weighted by atomic mass is 16.5. The lowest BCUT2D eigenvalue weighted by Crippen LogP contribution is -2.30. The molecular formula is C14H15NO5. The van der Waals surface area contributed by atoms with E-state index in [2.05, 4.69) is 0 Å². The number of carbonyl (C=O) groups excluding carboxylic acids is 2. The van der Waals surface area contributed by atoms with Crippen molar-refractivity contribution in [1.82, 2.24) is 0 Å². The van der Waals surface area contributed by atoms with Crippen LogP contribution < -0.4 is 9.64 Å². The van der Waals surface area contributed by atoms with Gasteiger partial charge >= 0.3 is 5.97 Å². The van der Waals surface area contributed by atoms with Crippen molar-refractivity contribution in [2.45, 2.75) is 19.3 Å². The van der Waals surface area contributed by atoms with Crippen LogP contribution in [0.15, 0.2) is 18.2 Å². The third-order valence-electron chi connectivity index (χ3n) is 3.20. The second-order valence-corrected chi connectivity index (χ2v) is 4.52. The summed E-state index contributed by atoms with van der Waals surface area (Å²) in [7, 11) is 1.49. The van der Waals surface area contributed by atoms with Crippen LogP contribution in [0.2, 0.25) is 0 Å². The first-order valence-corrected chi connectivity index (χ1v) is 6.30. The molecule has 1 heterocycles. The number of Topliss-reactive ketones (excluding diaryl/α,β-unsaturated/α-hetero) is 1. The molecule has 0 aromatic heterocycles. The molecule has 0 saturated carbocycles. The topological polar surface area (TPSA) is 83.9 Å². The number of carbonyl (C=O) groups is 3. The molecule has 0 unspecified atom stereocenters. The van der Waals surface area contributed by atoms with Crippen molar-refractivity contribution in [2.75, 3.05) is 18.6 Å². The van der Waals surface area contributed by atoms with Gasteiger partial charge in [-0.3, -0.25) is 14.4 Å². The lowest BCUT2D eigenvalue weighted by molar-refractivity contribution is -0.137. The summed E-state index contributed by atoms with van der Waals surface area (Å²) in [4.78, 5) is 35.6. The second-order valence-electron chi connectivity index (χ2n) is 4.52. The van der Waals surface area contributed by atoms with Gasteiger partial charge in [-0.15, -0.1) is 0 Å². The van der Waals surface area contributed by atoms with Crippen LogP contribution in [0, 0.1) is 0 Å². The Kier molecular flexibility index (Phi) is 4.02. The van der Waals surface area contributed by atoms with E-state index in [0.29, 0.717) is 36.4 Å². The standard InChI is InChI=1S/C14H15NO5/c1-20-9-5-6-11-10(8-9)13(18)14(19)15(11)7-3-2-4-12(16)17/h5-6,8H,2-4,7H2,1H3,(H,16,17). The van der Waals surface area contributed by atoms with Crippen molar-refractivity contribution in [3.63, 3.8) is 0 Å². The number of hydrogen-bond donors (Lipinski definition) is 1. The van der Waals surface area contributed by atoms with E-state index in [9.17, 15) is 14.4 Å². The number of benzene rings is 1. The Morgan fingerprint density at radius 2 is 2.05 bits per heavy atom. The number of ketones is 1. The normalized spacial score (nSPS) is 13.6. The van der Waals surface area contributed by atoms with Gasteiger partial charge < -0.3 is 14.7 Å². The first-order chi connectivity index (χ1) is 9.54. The molecule has 0 bridgehead atoms. The van der Waals surface area contributed by atoms with Gasteiger partial charge in [-0.25, -0.2) is 0 Å². The molecule has 2 rings (SSSR count). The zero-order valence-corrected chi connectivity index (χ0v) is 11.1. The fourth-order valence-corrected chi connectivity index (χ4v) is 2.17. The van der Waals surface area contributed by atoms with Crippen LogP contribution in [-0.2, 0) is 9.59 Å². The molecule has 1 aromatic rings. The molecule has 0 radical (unpaired) electrons. The van der Waals surface area contributed by atoms with E-state index in [1.54, 1.807) is 18.2 Å². The van der Waals surface area contributed by atoms with E-state index in [0.717, 1.165) is 0 Å². The molecule has 0 fully saturated rings. The number of unbranched alkanes of at least 4 members (excludes halogenated alkanes) is 1. The maximum Gasteiger partial charge on any atom is 0.303 e. The molecule has 1 N–H and O–H groups in total. The molecule has 1 aromatic carbocycles. The number of methoxy groups -OCH3 is 1. The van der Waals surface area contributed by atoms with Gasteiger partial charge in [0.25, 0.3) is 11.7 Å². The number of fused-ring (bicyclic) bond motifs is 1. The summed E-state index contributed by atoms with van der Waals surface area (Å²) < 4.78 is 5.04. The highest BCUT2D eigenvalue weighted by molar-refractivity contribution is 6.52. The van der Waals surface area contributed by atoms with Crippen LogP contribution in [0.4, 0.5) is 5.69 Å². The number of aliphatic carboxylic acids is 1. The van der Waals surface area contributed by atoms with Crippen molar-refractivity contribution in [3.05, 3.63) is 23.8 Å². The molecule has 1 aliphatic rings. The number of carboxylic acid groups (broad SMARTS) is 1. The third kappa shape index (κ3) is 2.64. The monoisotopic (exact) mass is 277 g/mol. The lowest BCUT2D eigenvalue weighted by atomic mass is 10.1. The van der Waals surface area contributed by atoms with Crippen LogP contribution in [0.25, 0.3) is 0 Å². The van der Waals surface area contributed by atoms with Crippen molar-refractivity contribution >= 4 is 23.3 Å². The fourth-order valence-electron chi connectivity index (χ4n) is 2.17. The first kappa shape index (κ1) is 14.0. The molecular weight excluding hydrogens is 262 g/mol. The van der Waals surface area contributed by atoms with Gasteiger partial charge in [0.2, 0.25) is 0 Å². The van der Waals surface area contributed by atoms with Crippen LogP contribution in [0.5, 0.6) is 5.75 Å². The molecule has 0 atom stereocenters. The number of nitrogens with zero attached hydrogens (tertiary/aromatic N) is 1. The van der Waals surface area contributed by atoms with E-state index in [4.69, 9.17) is 9.84 Å². The summed E-state index contributed by atoms with van der Waals surface area (Å²) in [5, 5.41) is 8.57. The summed E-state index contributed by atoms with van der Waals surface area (Å²) in [6, 6.07) is 4.91. The van der Waals surface area contributed by atoms with Gasteiger partial charge in [0.15, 0.2) is 0 Å². The minimum atomic E-state index is -0.862. The van der Waals surface area contributed by atoms with Crippen molar-refractivity contribution in [2.24, 2.45) is 0 Å². The van der Waals surface area contributed by atoms with Crippen LogP contribution in [0.3, 0.4) is 0 Å². The third-order valence-corrected chi connectivity index (χ3v) is 3.20. The van der Waals surface area contributed by atoms with E-state index >= 15 is 0 Å². The SMILES string of the molecule is COc1ccc2c(c1)C(=O)C(=O)N2CCCCC(=O)O. The Labute approximate surface area is 115 Å². The molecule has 1 aliphatic heterocycles. The van der Waals surface area contributed by atoms with E-state index in [1.165, 1.54) is 12.0 Å². The smallest absolute Gasteiger partial charge is 0.303 e. The Bertz CT molecular complexity index is 567. The Morgan fingerprint density at radius 3 is 2.70 bits per heavy atom. The fraction of sp³-hybridized carbons (Fsp3) is 0.357. The summed E-state index contributed by atoms with van der Waals surface area (Å²) in [5.74, 6) is -1.45. The molecule has 106 valence electrons. The van der Waals surface area contributed by atoms with Crippen molar-refractivity contribution < 1.29 is 24.2 Å². The first-order valence-electron chi connectivity index (χ1n) is 6.30. The predicted molar refractivity (Wildman–Crippen MR) is 71.2 cm³/mol. The Balaban J connectivity index is 2.10. The lowest BCUT2D eigenvalue weighted by Gasteiger charge is -2.16. The van der Waals surface area contributed by atoms with Gasteiger partial charge in [-0.1, -0.05) is 0 Å². The quantitative estimate of drug-likeness (QED) is 0.629. The molecule has 0 saturated heterocycles.